The Morgan fingerprint density at radius 3 is 2.45 bits per heavy atom. The molecule has 0 aliphatic carbocycles. The van der Waals surface area contributed by atoms with Crippen LogP contribution in [0.3, 0.4) is 0 Å². The molecule has 2 rings (SSSR count). The lowest BCUT2D eigenvalue weighted by atomic mass is 10.1. The van der Waals surface area contributed by atoms with Crippen molar-refractivity contribution >= 4 is 9.84 Å². The fourth-order valence-electron chi connectivity index (χ4n) is 1.62. The van der Waals surface area contributed by atoms with Gasteiger partial charge in [-0.25, -0.2) is 23.4 Å². The number of pyridine rings is 1. The second-order valence-corrected chi connectivity index (χ2v) is 6.16. The van der Waals surface area contributed by atoms with E-state index in [2.05, 4.69) is 15.0 Å². The molecular weight excluding hydrogens is 323 g/mol. The number of hydrogen-bond acceptors (Lipinski definition) is 6. The molecule has 0 N–H and O–H groups in total. The van der Waals surface area contributed by atoms with E-state index in [9.17, 15) is 21.6 Å². The second kappa shape index (κ2) is 5.52. The standard InChI is InChI=1S/C12H10F3N3O3S/c1-21-10-7(4-3-5-16-10)8-6-9(12(13,14)15)18-11(17-8)22(2,19)20/h3-6H,1-2H3. The van der Waals surface area contributed by atoms with Gasteiger partial charge in [0.2, 0.25) is 20.9 Å². The van der Waals surface area contributed by atoms with Gasteiger partial charge in [-0.2, -0.15) is 13.2 Å². The van der Waals surface area contributed by atoms with Gasteiger partial charge in [-0.05, 0) is 18.2 Å². The van der Waals surface area contributed by atoms with E-state index < -0.39 is 26.9 Å². The predicted octanol–water partition coefficient (Wildman–Crippen LogP) is 1.97. The Kier molecular flexibility index (Phi) is 4.05. The van der Waals surface area contributed by atoms with E-state index in [0.29, 0.717) is 6.07 Å². The predicted molar refractivity (Wildman–Crippen MR) is 69.9 cm³/mol. The zero-order valence-electron chi connectivity index (χ0n) is 11.4. The van der Waals surface area contributed by atoms with E-state index in [-0.39, 0.29) is 17.1 Å². The minimum Gasteiger partial charge on any atom is -0.481 e. The van der Waals surface area contributed by atoms with Gasteiger partial charge in [-0.3, -0.25) is 0 Å². The molecule has 6 nitrogen and oxygen atoms in total. The summed E-state index contributed by atoms with van der Waals surface area (Å²) in [6, 6.07) is 3.53. The van der Waals surface area contributed by atoms with Crippen LogP contribution in [0.25, 0.3) is 11.3 Å². The lowest BCUT2D eigenvalue weighted by Crippen LogP contribution is -2.14. The van der Waals surface area contributed by atoms with Gasteiger partial charge in [0.15, 0.2) is 0 Å². The topological polar surface area (TPSA) is 82.0 Å². The van der Waals surface area contributed by atoms with E-state index in [1.807, 2.05) is 0 Å². The Balaban J connectivity index is 2.76. The molecule has 0 fully saturated rings. The van der Waals surface area contributed by atoms with Gasteiger partial charge in [0, 0.05) is 12.5 Å². The molecule has 0 atom stereocenters. The van der Waals surface area contributed by atoms with Gasteiger partial charge >= 0.3 is 6.18 Å². The van der Waals surface area contributed by atoms with Crippen LogP contribution in [0.2, 0.25) is 0 Å². The van der Waals surface area contributed by atoms with Crippen LogP contribution in [0.5, 0.6) is 5.88 Å². The summed E-state index contributed by atoms with van der Waals surface area (Å²) >= 11 is 0. The van der Waals surface area contributed by atoms with Gasteiger partial charge < -0.3 is 4.74 Å². The Hall–Kier alpha value is -2.23. The van der Waals surface area contributed by atoms with Crippen molar-refractivity contribution in [2.45, 2.75) is 11.3 Å². The van der Waals surface area contributed by atoms with E-state index in [0.717, 1.165) is 6.26 Å². The highest BCUT2D eigenvalue weighted by molar-refractivity contribution is 7.90. The van der Waals surface area contributed by atoms with Crippen molar-refractivity contribution in [2.24, 2.45) is 0 Å². The molecule has 118 valence electrons. The summed E-state index contributed by atoms with van der Waals surface area (Å²) in [7, 11) is -2.73. The van der Waals surface area contributed by atoms with Crippen LogP contribution in [0, 0.1) is 0 Å². The van der Waals surface area contributed by atoms with Crippen molar-refractivity contribution in [3.63, 3.8) is 0 Å². The van der Waals surface area contributed by atoms with Crippen LogP contribution in [-0.2, 0) is 16.0 Å². The lowest BCUT2D eigenvalue weighted by molar-refractivity contribution is -0.141. The molecule has 0 aromatic carbocycles. The van der Waals surface area contributed by atoms with Gasteiger partial charge in [-0.15, -0.1) is 0 Å². The SMILES string of the molecule is COc1ncccc1-c1cc(C(F)(F)F)nc(S(C)(=O)=O)n1. The molecule has 0 saturated heterocycles. The number of nitrogens with zero attached hydrogens (tertiary/aromatic N) is 3. The van der Waals surface area contributed by atoms with Crippen LogP contribution in [-0.4, -0.2) is 36.7 Å². The molecular formula is C12H10F3N3O3S. The monoisotopic (exact) mass is 333 g/mol. The van der Waals surface area contributed by atoms with Crippen molar-refractivity contribution in [1.29, 1.82) is 0 Å². The number of alkyl halides is 3. The second-order valence-electron chi connectivity index (χ2n) is 4.25. The minimum atomic E-state index is -4.81. The maximum atomic E-state index is 12.9. The van der Waals surface area contributed by atoms with Gasteiger partial charge in [0.25, 0.3) is 0 Å². The first kappa shape index (κ1) is 16.1. The Bertz CT molecular complexity index is 807. The summed E-state index contributed by atoms with van der Waals surface area (Å²) in [5, 5.41) is -0.914. The highest BCUT2D eigenvalue weighted by Gasteiger charge is 2.35. The first-order chi connectivity index (χ1) is 10.1. The number of halogens is 3. The molecule has 0 radical (unpaired) electrons. The summed E-state index contributed by atoms with van der Waals surface area (Å²) in [5.41, 5.74) is -1.47. The quantitative estimate of drug-likeness (QED) is 0.799. The fraction of sp³-hybridized carbons (Fsp3) is 0.250. The van der Waals surface area contributed by atoms with Crippen LogP contribution in [0.1, 0.15) is 5.69 Å². The highest BCUT2D eigenvalue weighted by atomic mass is 32.2. The van der Waals surface area contributed by atoms with Crippen molar-refractivity contribution < 1.29 is 26.3 Å². The number of rotatable bonds is 3. The summed E-state index contributed by atoms with van der Waals surface area (Å²) in [5.74, 6) is 0.0220. The molecule has 0 spiro atoms. The van der Waals surface area contributed by atoms with Crippen LogP contribution in [0.15, 0.2) is 29.6 Å². The molecule has 0 aliphatic rings. The number of hydrogen-bond donors (Lipinski definition) is 0. The van der Waals surface area contributed by atoms with Crippen molar-refractivity contribution in [2.75, 3.05) is 13.4 Å². The zero-order valence-corrected chi connectivity index (χ0v) is 12.2. The van der Waals surface area contributed by atoms with E-state index >= 15 is 0 Å². The first-order valence-electron chi connectivity index (χ1n) is 5.78. The van der Waals surface area contributed by atoms with Crippen molar-refractivity contribution in [3.8, 4) is 17.1 Å². The fourth-order valence-corrected chi connectivity index (χ4v) is 2.15. The van der Waals surface area contributed by atoms with E-state index in [4.69, 9.17) is 4.74 Å². The number of ether oxygens (including phenoxy) is 1. The molecule has 0 amide bonds. The van der Waals surface area contributed by atoms with Gasteiger partial charge in [0.05, 0.1) is 18.4 Å². The average Bonchev–Trinajstić information content (AvgIpc) is 2.45. The number of sulfone groups is 1. The molecule has 0 bridgehead atoms. The Morgan fingerprint density at radius 2 is 1.91 bits per heavy atom. The number of aromatic nitrogens is 3. The molecule has 2 heterocycles. The van der Waals surface area contributed by atoms with Crippen LogP contribution < -0.4 is 4.74 Å². The summed E-state index contributed by atoms with van der Waals surface area (Å²) in [4.78, 5) is 10.6. The first-order valence-corrected chi connectivity index (χ1v) is 7.68. The van der Waals surface area contributed by atoms with Crippen molar-refractivity contribution in [1.82, 2.24) is 15.0 Å². The summed E-state index contributed by atoms with van der Waals surface area (Å²) in [6.07, 6.45) is -2.70. The smallest absolute Gasteiger partial charge is 0.433 e. The molecule has 2 aromatic heterocycles. The largest absolute Gasteiger partial charge is 0.481 e. The lowest BCUT2D eigenvalue weighted by Gasteiger charge is -2.11. The summed E-state index contributed by atoms with van der Waals surface area (Å²) < 4.78 is 66.7. The molecule has 2 aromatic rings. The van der Waals surface area contributed by atoms with Crippen LogP contribution >= 0.6 is 0 Å². The van der Waals surface area contributed by atoms with E-state index in [1.165, 1.54) is 25.4 Å². The Labute approximate surface area is 123 Å². The zero-order chi connectivity index (χ0) is 16.5. The van der Waals surface area contributed by atoms with Gasteiger partial charge in [-0.1, -0.05) is 0 Å². The number of methoxy groups -OCH3 is 1. The van der Waals surface area contributed by atoms with Crippen LogP contribution in [0.4, 0.5) is 13.2 Å². The minimum absolute atomic E-state index is 0.0220. The molecule has 0 saturated carbocycles. The average molecular weight is 333 g/mol. The normalized spacial score (nSPS) is 12.2. The maximum absolute atomic E-state index is 12.9. The van der Waals surface area contributed by atoms with Gasteiger partial charge in [0.1, 0.15) is 5.69 Å². The third-order valence-electron chi connectivity index (χ3n) is 2.57. The maximum Gasteiger partial charge on any atom is 0.433 e. The van der Waals surface area contributed by atoms with E-state index in [1.54, 1.807) is 0 Å². The molecule has 0 aliphatic heterocycles. The summed E-state index contributed by atoms with van der Waals surface area (Å²) in [6.45, 7) is 0. The highest BCUT2D eigenvalue weighted by Crippen LogP contribution is 2.33. The Morgan fingerprint density at radius 1 is 1.23 bits per heavy atom. The third-order valence-corrected chi connectivity index (χ3v) is 3.41. The third kappa shape index (κ3) is 3.32. The molecule has 22 heavy (non-hydrogen) atoms. The van der Waals surface area contributed by atoms with Crippen molar-refractivity contribution in [3.05, 3.63) is 30.1 Å². The molecule has 0 unspecified atom stereocenters. The molecule has 10 heteroatoms.